The SMILES string of the molecule is C/C=C/[C@H]1C[C@@H]1c1cc(-c2c[nH]c(=O)[nH]c2=O)nnc1C#N. The number of aromatic amines is 2. The Morgan fingerprint density at radius 2 is 2.23 bits per heavy atom. The van der Waals surface area contributed by atoms with Crippen LogP contribution in [0.4, 0.5) is 0 Å². The van der Waals surface area contributed by atoms with Crippen molar-refractivity contribution >= 4 is 0 Å². The summed E-state index contributed by atoms with van der Waals surface area (Å²) in [6.07, 6.45) is 6.33. The van der Waals surface area contributed by atoms with Crippen LogP contribution in [0.15, 0.2) is 34.0 Å². The summed E-state index contributed by atoms with van der Waals surface area (Å²) in [5.41, 5.74) is 0.530. The van der Waals surface area contributed by atoms with E-state index in [0.717, 1.165) is 12.0 Å². The first kappa shape index (κ1) is 13.9. The number of aromatic nitrogens is 4. The minimum absolute atomic E-state index is 0.223. The lowest BCUT2D eigenvalue weighted by molar-refractivity contribution is 0.928. The van der Waals surface area contributed by atoms with Gasteiger partial charge in [-0.1, -0.05) is 12.2 Å². The second kappa shape index (κ2) is 5.41. The van der Waals surface area contributed by atoms with Gasteiger partial charge in [0.15, 0.2) is 5.69 Å². The van der Waals surface area contributed by atoms with Crippen LogP contribution >= 0.6 is 0 Å². The lowest BCUT2D eigenvalue weighted by Gasteiger charge is -2.04. The first-order valence-corrected chi connectivity index (χ1v) is 6.87. The van der Waals surface area contributed by atoms with Crippen LogP contribution in [0, 0.1) is 17.2 Å². The molecule has 0 aliphatic heterocycles. The molecule has 0 spiro atoms. The van der Waals surface area contributed by atoms with Crippen molar-refractivity contribution in [3.8, 4) is 17.3 Å². The van der Waals surface area contributed by atoms with Gasteiger partial charge in [0.2, 0.25) is 0 Å². The van der Waals surface area contributed by atoms with Crippen LogP contribution < -0.4 is 11.2 Å². The van der Waals surface area contributed by atoms with Crippen molar-refractivity contribution in [3.63, 3.8) is 0 Å². The average molecular weight is 295 g/mol. The molecule has 0 amide bonds. The summed E-state index contributed by atoms with van der Waals surface area (Å²) in [5, 5.41) is 17.0. The van der Waals surface area contributed by atoms with Gasteiger partial charge in [0.05, 0.1) is 5.56 Å². The van der Waals surface area contributed by atoms with Crippen molar-refractivity contribution in [2.24, 2.45) is 5.92 Å². The third kappa shape index (κ3) is 2.46. The van der Waals surface area contributed by atoms with Gasteiger partial charge in [-0.2, -0.15) is 5.26 Å². The second-order valence-electron chi connectivity index (χ2n) is 5.16. The number of hydrogen-bond donors (Lipinski definition) is 2. The second-order valence-corrected chi connectivity index (χ2v) is 5.16. The smallest absolute Gasteiger partial charge is 0.313 e. The van der Waals surface area contributed by atoms with E-state index in [1.165, 1.54) is 6.20 Å². The van der Waals surface area contributed by atoms with Gasteiger partial charge < -0.3 is 4.98 Å². The summed E-state index contributed by atoms with van der Waals surface area (Å²) >= 11 is 0. The minimum Gasteiger partial charge on any atom is -0.313 e. The first-order chi connectivity index (χ1) is 10.6. The highest BCUT2D eigenvalue weighted by molar-refractivity contribution is 5.58. The number of nitrogens with zero attached hydrogens (tertiary/aromatic N) is 3. The molecule has 0 unspecified atom stereocenters. The molecule has 2 atom stereocenters. The Morgan fingerprint density at radius 3 is 2.91 bits per heavy atom. The Labute approximate surface area is 125 Å². The molecule has 0 saturated heterocycles. The van der Waals surface area contributed by atoms with E-state index in [9.17, 15) is 14.9 Å². The molecule has 110 valence electrons. The molecule has 1 aliphatic carbocycles. The quantitative estimate of drug-likeness (QED) is 0.822. The van der Waals surface area contributed by atoms with Gasteiger partial charge in [-0.15, -0.1) is 10.2 Å². The van der Waals surface area contributed by atoms with Gasteiger partial charge in [0.25, 0.3) is 5.56 Å². The molecule has 0 bridgehead atoms. The molecule has 1 aliphatic rings. The fraction of sp³-hybridized carbons (Fsp3) is 0.267. The molecule has 22 heavy (non-hydrogen) atoms. The molecule has 1 fully saturated rings. The molecule has 2 heterocycles. The number of nitriles is 1. The maximum Gasteiger partial charge on any atom is 0.325 e. The molecule has 3 rings (SSSR count). The van der Waals surface area contributed by atoms with Crippen LogP contribution in [-0.4, -0.2) is 20.2 Å². The first-order valence-electron chi connectivity index (χ1n) is 6.87. The van der Waals surface area contributed by atoms with E-state index in [2.05, 4.69) is 26.2 Å². The normalized spacial score (nSPS) is 20.0. The highest BCUT2D eigenvalue weighted by Crippen LogP contribution is 2.49. The van der Waals surface area contributed by atoms with E-state index in [1.54, 1.807) is 6.07 Å². The van der Waals surface area contributed by atoms with E-state index in [1.807, 2.05) is 19.1 Å². The van der Waals surface area contributed by atoms with Crippen LogP contribution in [0.1, 0.15) is 30.5 Å². The van der Waals surface area contributed by atoms with Gasteiger partial charge in [-0.05, 0) is 36.8 Å². The molecule has 2 aromatic heterocycles. The van der Waals surface area contributed by atoms with Gasteiger partial charge >= 0.3 is 5.69 Å². The summed E-state index contributed by atoms with van der Waals surface area (Å²) < 4.78 is 0. The third-order valence-electron chi connectivity index (χ3n) is 3.70. The molecule has 7 heteroatoms. The largest absolute Gasteiger partial charge is 0.325 e. The van der Waals surface area contributed by atoms with E-state index in [-0.39, 0.29) is 17.2 Å². The summed E-state index contributed by atoms with van der Waals surface area (Å²) in [6.45, 7) is 1.96. The molecule has 2 aromatic rings. The molecular weight excluding hydrogens is 282 g/mol. The maximum atomic E-state index is 11.8. The fourth-order valence-corrected chi connectivity index (χ4v) is 2.54. The molecule has 7 nitrogen and oxygen atoms in total. The summed E-state index contributed by atoms with van der Waals surface area (Å²) in [6, 6.07) is 3.75. The molecular formula is C15H13N5O2. The molecule has 2 N–H and O–H groups in total. The van der Waals surface area contributed by atoms with Crippen LogP contribution in [0.2, 0.25) is 0 Å². The zero-order chi connectivity index (χ0) is 15.7. The van der Waals surface area contributed by atoms with Crippen molar-refractivity contribution in [2.45, 2.75) is 19.3 Å². The molecule has 0 aromatic carbocycles. The van der Waals surface area contributed by atoms with E-state index >= 15 is 0 Å². The Hall–Kier alpha value is -3.01. The minimum atomic E-state index is -0.578. The molecule has 0 radical (unpaired) electrons. The van der Waals surface area contributed by atoms with Crippen LogP contribution in [-0.2, 0) is 0 Å². The fourth-order valence-electron chi connectivity index (χ4n) is 2.54. The Balaban J connectivity index is 2.06. The molecule has 1 saturated carbocycles. The van der Waals surface area contributed by atoms with Gasteiger partial charge in [0, 0.05) is 6.20 Å². The Morgan fingerprint density at radius 1 is 1.41 bits per heavy atom. The Kier molecular flexibility index (Phi) is 3.43. The van der Waals surface area contributed by atoms with Gasteiger partial charge in [-0.3, -0.25) is 9.78 Å². The monoisotopic (exact) mass is 295 g/mol. The summed E-state index contributed by atoms with van der Waals surface area (Å²) in [5.74, 6) is 0.616. The number of H-pyrrole nitrogens is 2. The van der Waals surface area contributed by atoms with Crippen LogP contribution in [0.3, 0.4) is 0 Å². The van der Waals surface area contributed by atoms with Crippen molar-refractivity contribution in [3.05, 3.63) is 56.5 Å². The zero-order valence-electron chi connectivity index (χ0n) is 11.8. The topological polar surface area (TPSA) is 115 Å². The predicted molar refractivity (Wildman–Crippen MR) is 79.1 cm³/mol. The average Bonchev–Trinajstić information content (AvgIpc) is 3.26. The lowest BCUT2D eigenvalue weighted by atomic mass is 10.1. The number of hydrogen-bond acceptors (Lipinski definition) is 5. The van der Waals surface area contributed by atoms with Gasteiger partial charge in [-0.25, -0.2) is 4.79 Å². The van der Waals surface area contributed by atoms with Gasteiger partial charge in [0.1, 0.15) is 11.8 Å². The lowest BCUT2D eigenvalue weighted by Crippen LogP contribution is -2.23. The standard InChI is InChI=1S/C15H13N5O2/c1-2-3-8-4-9(8)10-5-12(19-20-13(10)6-16)11-7-17-15(22)18-14(11)21/h2-3,5,7-9H,4H2,1H3,(H2,17,18,21,22)/b3-2+/t8-,9-/m0/s1. The predicted octanol–water partition coefficient (Wildman–Crippen LogP) is 1.07. The van der Waals surface area contributed by atoms with Crippen LogP contribution in [0.5, 0.6) is 0 Å². The highest BCUT2D eigenvalue weighted by atomic mass is 16.2. The Bertz CT molecular complexity index is 903. The highest BCUT2D eigenvalue weighted by Gasteiger charge is 2.38. The maximum absolute atomic E-state index is 11.8. The van der Waals surface area contributed by atoms with E-state index in [0.29, 0.717) is 11.6 Å². The number of allylic oxidation sites excluding steroid dienone is 2. The zero-order valence-corrected chi connectivity index (χ0v) is 11.8. The summed E-state index contributed by atoms with van der Waals surface area (Å²) in [7, 11) is 0. The van der Waals surface area contributed by atoms with E-state index < -0.39 is 11.2 Å². The van der Waals surface area contributed by atoms with Crippen molar-refractivity contribution in [1.82, 2.24) is 20.2 Å². The number of nitrogens with one attached hydrogen (secondary N) is 2. The van der Waals surface area contributed by atoms with E-state index in [4.69, 9.17) is 0 Å². The summed E-state index contributed by atoms with van der Waals surface area (Å²) in [4.78, 5) is 27.5. The van der Waals surface area contributed by atoms with Crippen molar-refractivity contribution < 1.29 is 0 Å². The third-order valence-corrected chi connectivity index (χ3v) is 3.70. The van der Waals surface area contributed by atoms with Crippen molar-refractivity contribution in [2.75, 3.05) is 0 Å². The van der Waals surface area contributed by atoms with Crippen molar-refractivity contribution in [1.29, 1.82) is 5.26 Å². The van der Waals surface area contributed by atoms with Crippen LogP contribution in [0.25, 0.3) is 11.3 Å². The number of rotatable bonds is 3.